The van der Waals surface area contributed by atoms with Gasteiger partial charge in [-0.1, -0.05) is 18.2 Å². The zero-order chi connectivity index (χ0) is 21.9. The highest BCUT2D eigenvalue weighted by atomic mass is 127. The molecule has 3 rings (SSSR count). The summed E-state index contributed by atoms with van der Waals surface area (Å²) < 4.78 is 11.4. The summed E-state index contributed by atoms with van der Waals surface area (Å²) >= 11 is 0. The topological polar surface area (TPSA) is 88.1 Å². The van der Waals surface area contributed by atoms with Gasteiger partial charge in [-0.2, -0.15) is 0 Å². The Hall–Kier alpha value is -2.56. The van der Waals surface area contributed by atoms with Crippen LogP contribution in [-0.2, 0) is 11.3 Å². The first-order chi connectivity index (χ1) is 15.2. The van der Waals surface area contributed by atoms with E-state index in [1.165, 1.54) is 0 Å². The minimum absolute atomic E-state index is 0. The monoisotopic (exact) mass is 553 g/mol. The second kappa shape index (κ2) is 13.8. The van der Waals surface area contributed by atoms with Crippen LogP contribution in [0.4, 0.5) is 0 Å². The van der Waals surface area contributed by atoms with Crippen molar-refractivity contribution in [3.63, 3.8) is 0 Å². The van der Waals surface area contributed by atoms with E-state index >= 15 is 0 Å². The fourth-order valence-corrected chi connectivity index (χ4v) is 3.24. The second-order valence-corrected chi connectivity index (χ2v) is 7.12. The van der Waals surface area contributed by atoms with Gasteiger partial charge in [-0.25, -0.2) is 9.98 Å². The third-order valence-corrected chi connectivity index (χ3v) is 4.79. The van der Waals surface area contributed by atoms with Gasteiger partial charge in [0.25, 0.3) is 0 Å². The molecule has 0 bridgehead atoms. The second-order valence-electron chi connectivity index (χ2n) is 7.12. The molecule has 1 saturated heterocycles. The highest BCUT2D eigenvalue weighted by Gasteiger charge is 2.17. The summed E-state index contributed by atoms with van der Waals surface area (Å²) in [6, 6.07) is 11.2. The highest BCUT2D eigenvalue weighted by molar-refractivity contribution is 14.0. The Balaban J connectivity index is 0.00000363. The molecule has 0 atom stereocenters. The van der Waals surface area contributed by atoms with Crippen LogP contribution in [0.3, 0.4) is 0 Å². The number of ether oxygens (including phenoxy) is 2. The van der Waals surface area contributed by atoms with Crippen LogP contribution >= 0.6 is 24.0 Å². The predicted octanol–water partition coefficient (Wildman–Crippen LogP) is 3.57. The summed E-state index contributed by atoms with van der Waals surface area (Å²) in [4.78, 5) is 23.1. The molecular formula is C23H32IN5O3. The molecule has 32 heavy (non-hydrogen) atoms. The number of pyridine rings is 1. The van der Waals surface area contributed by atoms with E-state index in [9.17, 15) is 4.79 Å². The smallest absolute Gasteiger partial charge is 0.241 e. The van der Waals surface area contributed by atoms with Gasteiger partial charge in [0.2, 0.25) is 11.8 Å². The summed E-state index contributed by atoms with van der Waals surface area (Å²) in [6.45, 7) is 7.60. The molecule has 2 N–H and O–H groups in total. The van der Waals surface area contributed by atoms with Crippen LogP contribution in [0, 0.1) is 0 Å². The number of amides is 1. The number of nitrogens with one attached hydrogen (secondary N) is 2. The number of rotatable bonds is 9. The van der Waals surface area contributed by atoms with Crippen molar-refractivity contribution < 1.29 is 14.3 Å². The van der Waals surface area contributed by atoms with Crippen molar-refractivity contribution in [1.29, 1.82) is 0 Å². The van der Waals surface area contributed by atoms with Gasteiger partial charge < -0.3 is 25.0 Å². The van der Waals surface area contributed by atoms with Gasteiger partial charge in [-0.05, 0) is 44.4 Å². The fourth-order valence-electron chi connectivity index (χ4n) is 3.24. The minimum atomic E-state index is 0. The number of guanidine groups is 1. The normalized spacial score (nSPS) is 13.3. The lowest BCUT2D eigenvalue weighted by Gasteiger charge is -2.17. The van der Waals surface area contributed by atoms with Gasteiger partial charge in [0, 0.05) is 31.9 Å². The molecule has 8 nitrogen and oxygen atoms in total. The summed E-state index contributed by atoms with van der Waals surface area (Å²) in [6.07, 6.45) is 3.91. The average Bonchev–Trinajstić information content (AvgIpc) is 3.33. The van der Waals surface area contributed by atoms with E-state index in [0.29, 0.717) is 43.0 Å². The van der Waals surface area contributed by atoms with Crippen LogP contribution in [0.1, 0.15) is 32.3 Å². The third kappa shape index (κ3) is 7.85. The molecule has 0 radical (unpaired) electrons. The molecule has 1 aliphatic rings. The first kappa shape index (κ1) is 25.7. The summed E-state index contributed by atoms with van der Waals surface area (Å²) in [7, 11) is 0. The van der Waals surface area contributed by atoms with Gasteiger partial charge >= 0.3 is 0 Å². The van der Waals surface area contributed by atoms with Crippen molar-refractivity contribution in [1.82, 2.24) is 20.5 Å². The van der Waals surface area contributed by atoms with Gasteiger partial charge in [0.1, 0.15) is 0 Å². The van der Waals surface area contributed by atoms with E-state index < -0.39 is 0 Å². The molecule has 1 amide bonds. The van der Waals surface area contributed by atoms with Gasteiger partial charge in [-0.3, -0.25) is 4.79 Å². The van der Waals surface area contributed by atoms with Crippen molar-refractivity contribution in [3.8, 4) is 17.4 Å². The molecule has 1 aromatic heterocycles. The molecule has 0 aliphatic carbocycles. The number of aromatic nitrogens is 1. The van der Waals surface area contributed by atoms with E-state index in [0.717, 1.165) is 31.5 Å². The largest absolute Gasteiger partial charge is 0.490 e. The first-order valence-corrected chi connectivity index (χ1v) is 10.8. The minimum Gasteiger partial charge on any atom is -0.490 e. The number of para-hydroxylation sites is 2. The zero-order valence-corrected chi connectivity index (χ0v) is 21.0. The van der Waals surface area contributed by atoms with E-state index in [1.54, 1.807) is 6.20 Å². The molecule has 1 aliphatic heterocycles. The number of benzene rings is 1. The maximum absolute atomic E-state index is 12.2. The molecule has 0 saturated carbocycles. The summed E-state index contributed by atoms with van der Waals surface area (Å²) in [5, 5.41) is 6.29. The molecule has 0 unspecified atom stereocenters. The standard InChI is InChI=1S/C23H31N5O3.HI/c1-3-24-23(27-17-22(29)28-13-7-8-14-28)26-16-18-11-12-21(25-15-18)31-20-10-6-5-9-19(20)30-4-2;/h5-6,9-12,15H,3-4,7-8,13-14,16-17H2,1-2H3,(H2,24,26,27);1H. The summed E-state index contributed by atoms with van der Waals surface area (Å²) in [5.41, 5.74) is 0.938. The van der Waals surface area contributed by atoms with Crippen molar-refractivity contribution in [2.75, 3.05) is 32.8 Å². The molecule has 1 fully saturated rings. The maximum atomic E-state index is 12.2. The molecule has 2 aromatic rings. The lowest BCUT2D eigenvalue weighted by molar-refractivity contribution is -0.128. The van der Waals surface area contributed by atoms with Gasteiger partial charge in [-0.15, -0.1) is 24.0 Å². The maximum Gasteiger partial charge on any atom is 0.241 e. The first-order valence-electron chi connectivity index (χ1n) is 10.8. The molecule has 2 heterocycles. The lowest BCUT2D eigenvalue weighted by Crippen LogP contribution is -2.44. The quantitative estimate of drug-likeness (QED) is 0.281. The SMILES string of the molecule is CCNC(=NCc1ccc(Oc2ccccc2OCC)nc1)NCC(=O)N1CCCC1.I. The van der Waals surface area contributed by atoms with Crippen LogP contribution in [-0.4, -0.2) is 54.5 Å². The van der Waals surface area contributed by atoms with E-state index in [4.69, 9.17) is 9.47 Å². The van der Waals surface area contributed by atoms with Crippen molar-refractivity contribution >= 4 is 35.8 Å². The van der Waals surface area contributed by atoms with Crippen molar-refractivity contribution in [3.05, 3.63) is 48.2 Å². The Labute approximate surface area is 206 Å². The van der Waals surface area contributed by atoms with Crippen LogP contribution < -0.4 is 20.1 Å². The van der Waals surface area contributed by atoms with E-state index in [1.807, 2.05) is 55.1 Å². The van der Waals surface area contributed by atoms with Gasteiger partial charge in [0.05, 0.1) is 19.7 Å². The molecular weight excluding hydrogens is 521 g/mol. The predicted molar refractivity (Wildman–Crippen MR) is 136 cm³/mol. The van der Waals surface area contributed by atoms with Crippen LogP contribution in [0.15, 0.2) is 47.6 Å². The number of nitrogens with zero attached hydrogens (tertiary/aromatic N) is 3. The van der Waals surface area contributed by atoms with E-state index in [2.05, 4.69) is 20.6 Å². The number of halogens is 1. The van der Waals surface area contributed by atoms with Crippen molar-refractivity contribution in [2.45, 2.75) is 33.2 Å². The van der Waals surface area contributed by atoms with E-state index in [-0.39, 0.29) is 36.4 Å². The Morgan fingerprint density at radius 1 is 1.09 bits per heavy atom. The van der Waals surface area contributed by atoms with Crippen LogP contribution in [0.25, 0.3) is 0 Å². The Bertz CT molecular complexity index is 870. The number of hydrogen-bond donors (Lipinski definition) is 2. The Morgan fingerprint density at radius 3 is 2.50 bits per heavy atom. The fraction of sp³-hybridized carbons (Fsp3) is 0.435. The lowest BCUT2D eigenvalue weighted by atomic mass is 10.3. The van der Waals surface area contributed by atoms with Crippen LogP contribution in [0.2, 0.25) is 0 Å². The Kier molecular flexibility index (Phi) is 11.1. The number of hydrogen-bond acceptors (Lipinski definition) is 5. The number of likely N-dealkylation sites (tertiary alicyclic amines) is 1. The summed E-state index contributed by atoms with van der Waals surface area (Å²) in [5.74, 6) is 2.52. The Morgan fingerprint density at radius 2 is 1.84 bits per heavy atom. The average molecular weight is 553 g/mol. The van der Waals surface area contributed by atoms with Crippen LogP contribution in [0.5, 0.6) is 17.4 Å². The zero-order valence-electron chi connectivity index (χ0n) is 18.7. The third-order valence-electron chi connectivity index (χ3n) is 4.79. The number of carbonyl (C=O) groups is 1. The molecule has 9 heteroatoms. The van der Waals surface area contributed by atoms with Gasteiger partial charge in [0.15, 0.2) is 17.5 Å². The van der Waals surface area contributed by atoms with Crippen molar-refractivity contribution in [2.24, 2.45) is 4.99 Å². The number of aliphatic imine (C=N–C) groups is 1. The molecule has 174 valence electrons. The molecule has 1 aromatic carbocycles. The highest BCUT2D eigenvalue weighted by Crippen LogP contribution is 2.30. The number of carbonyl (C=O) groups excluding carboxylic acids is 1. The molecule has 0 spiro atoms.